The Kier molecular flexibility index (Phi) is 15.9. The van der Waals surface area contributed by atoms with Crippen LogP contribution in [0.4, 0.5) is 4.79 Å². The van der Waals surface area contributed by atoms with Crippen LogP contribution in [0.15, 0.2) is 132 Å². The number of ether oxygens (including phenoxy) is 7. The van der Waals surface area contributed by atoms with Crippen molar-refractivity contribution in [2.75, 3.05) is 26.9 Å². The van der Waals surface area contributed by atoms with Crippen molar-refractivity contribution in [2.45, 2.75) is 87.5 Å². The predicted molar refractivity (Wildman–Crippen MR) is 229 cm³/mol. The third-order valence-electron chi connectivity index (χ3n) is 11.3. The largest absolute Gasteiger partial charge is 0.447 e. The van der Waals surface area contributed by atoms with Crippen molar-refractivity contribution < 1.29 is 57.8 Å². The predicted octanol–water partition coefficient (Wildman–Crippen LogP) is 6.07. The van der Waals surface area contributed by atoms with Gasteiger partial charge in [0.25, 0.3) is 0 Å². The van der Waals surface area contributed by atoms with Crippen LogP contribution < -0.4 is 0 Å². The third-order valence-corrected chi connectivity index (χ3v) is 12.1. The first-order chi connectivity index (χ1) is 30.2. The molecule has 62 heavy (non-hydrogen) atoms. The summed E-state index contributed by atoms with van der Waals surface area (Å²) in [7, 11) is 1.48. The Labute approximate surface area is 369 Å². The second-order valence-corrected chi connectivity index (χ2v) is 16.4. The van der Waals surface area contributed by atoms with Crippen molar-refractivity contribution in [2.24, 2.45) is 5.92 Å². The van der Waals surface area contributed by atoms with Crippen LogP contribution in [-0.2, 0) is 68.8 Å². The summed E-state index contributed by atoms with van der Waals surface area (Å²) < 4.78 is 43.1. The molecule has 328 valence electrons. The average molecular weight is 915 g/mol. The number of imide groups is 1. The maximum Gasteiger partial charge on any atom is 0.416 e. The lowest BCUT2D eigenvalue weighted by Crippen LogP contribution is -2.61. The lowest BCUT2D eigenvalue weighted by Gasteiger charge is -2.45. The molecule has 9 atom stereocenters. The Morgan fingerprint density at radius 2 is 1.37 bits per heavy atom. The molecular weight excluding hydrogens is 862 g/mol. The number of benzene rings is 4. The van der Waals surface area contributed by atoms with E-state index in [1.807, 2.05) is 121 Å². The standard InChI is InChI=1S/C48H52BrNO12/c1-56-46-44(43(59-30-35-21-12-5-13-22-35)42(39(28-51)61-46)58-29-34-19-10-4-11-20-34)57-24-14-23-48(55)40(49)27-38(52)41(62-48)37(26-33-17-8-3-9-18-33)45(53)50-36(31-60-47(50)54)25-32-15-6-2-7-16-32/h2-13,15-22,27,36-37,39,41-44,46,51,55H,14,23-26,28-31H2,1H3. The van der Waals surface area contributed by atoms with Gasteiger partial charge in [-0.15, -0.1) is 0 Å². The van der Waals surface area contributed by atoms with Crippen LogP contribution in [0.25, 0.3) is 0 Å². The number of aliphatic hydroxyl groups is 2. The minimum atomic E-state index is -2.04. The number of hydrogen-bond donors (Lipinski definition) is 2. The number of rotatable bonds is 19. The summed E-state index contributed by atoms with van der Waals surface area (Å²) in [6, 6.07) is 37.2. The van der Waals surface area contributed by atoms with Crippen LogP contribution in [0, 0.1) is 5.92 Å². The first-order valence-electron chi connectivity index (χ1n) is 20.8. The molecule has 2 saturated heterocycles. The van der Waals surface area contributed by atoms with E-state index in [4.69, 9.17) is 33.2 Å². The van der Waals surface area contributed by atoms with Gasteiger partial charge in [0, 0.05) is 20.1 Å². The first kappa shape index (κ1) is 45.4. The van der Waals surface area contributed by atoms with E-state index in [-0.39, 0.29) is 56.8 Å². The second-order valence-electron chi connectivity index (χ2n) is 15.6. The van der Waals surface area contributed by atoms with Crippen molar-refractivity contribution >= 4 is 33.7 Å². The molecular formula is C48H52BrNO12. The van der Waals surface area contributed by atoms with Gasteiger partial charge >= 0.3 is 6.09 Å². The van der Waals surface area contributed by atoms with Gasteiger partial charge in [0.15, 0.2) is 17.9 Å². The Balaban J connectivity index is 1.07. The zero-order valence-corrected chi connectivity index (χ0v) is 36.0. The Morgan fingerprint density at radius 1 is 0.806 bits per heavy atom. The van der Waals surface area contributed by atoms with Gasteiger partial charge in [-0.05, 0) is 63.5 Å². The fourth-order valence-corrected chi connectivity index (χ4v) is 8.60. The normalized spacial score (nSPS) is 26.8. The zero-order chi connectivity index (χ0) is 43.5. The summed E-state index contributed by atoms with van der Waals surface area (Å²) in [5.41, 5.74) is 3.49. The lowest BCUT2D eigenvalue weighted by atomic mass is 9.87. The van der Waals surface area contributed by atoms with Crippen molar-refractivity contribution in [3.8, 4) is 0 Å². The van der Waals surface area contributed by atoms with E-state index in [1.54, 1.807) is 0 Å². The smallest absolute Gasteiger partial charge is 0.416 e. The van der Waals surface area contributed by atoms with Crippen molar-refractivity contribution in [3.05, 3.63) is 154 Å². The van der Waals surface area contributed by atoms with Crippen LogP contribution in [0.2, 0.25) is 0 Å². The molecule has 4 aromatic rings. The first-order valence-corrected chi connectivity index (χ1v) is 21.6. The number of ketones is 1. The number of cyclic esters (lactones) is 1. The molecule has 0 aromatic heterocycles. The van der Waals surface area contributed by atoms with E-state index in [0.717, 1.165) is 27.2 Å². The number of carbonyl (C=O) groups excluding carboxylic acids is 3. The van der Waals surface area contributed by atoms with Crippen molar-refractivity contribution in [3.63, 3.8) is 0 Å². The van der Waals surface area contributed by atoms with Crippen molar-refractivity contribution in [1.29, 1.82) is 0 Å². The summed E-state index contributed by atoms with van der Waals surface area (Å²) >= 11 is 3.37. The summed E-state index contributed by atoms with van der Waals surface area (Å²) in [6.45, 7) is 0.137. The maximum absolute atomic E-state index is 14.6. The third kappa shape index (κ3) is 11.1. The fourth-order valence-electron chi connectivity index (χ4n) is 8.09. The van der Waals surface area contributed by atoms with Crippen LogP contribution in [0.5, 0.6) is 0 Å². The summed E-state index contributed by atoms with van der Waals surface area (Å²) in [5.74, 6) is -4.41. The molecule has 0 bridgehead atoms. The molecule has 13 nitrogen and oxygen atoms in total. The topological polar surface area (TPSA) is 160 Å². The average Bonchev–Trinajstić information content (AvgIpc) is 3.66. The van der Waals surface area contributed by atoms with Crippen LogP contribution in [-0.4, -0.2) is 108 Å². The Bertz CT molecular complexity index is 2090. The summed E-state index contributed by atoms with van der Waals surface area (Å²) in [5, 5.41) is 22.5. The number of methoxy groups -OCH3 is 1. The van der Waals surface area contributed by atoms with Gasteiger partial charge in [0.1, 0.15) is 37.1 Å². The number of amides is 2. The fraction of sp³-hybridized carbons (Fsp3) is 0.396. The van der Waals surface area contributed by atoms with E-state index < -0.39 is 72.3 Å². The quantitative estimate of drug-likeness (QED) is 0.105. The second kappa shape index (κ2) is 21.7. The summed E-state index contributed by atoms with van der Waals surface area (Å²) in [4.78, 5) is 42.6. The van der Waals surface area contributed by atoms with E-state index in [0.29, 0.717) is 6.42 Å². The van der Waals surface area contributed by atoms with E-state index in [9.17, 15) is 24.6 Å². The molecule has 14 heteroatoms. The molecule has 4 aromatic carbocycles. The molecule has 3 aliphatic rings. The SMILES string of the molecule is COC1OC(CO)C(OCc2ccccc2)C(OCc2ccccc2)C1OCCCC1(O)OC(C(Cc2ccccc2)C(=O)N2C(=O)OCC2Cc2ccccc2)C(=O)C=C1Br. The minimum Gasteiger partial charge on any atom is -0.447 e. The molecule has 0 radical (unpaired) electrons. The monoisotopic (exact) mass is 913 g/mol. The number of halogens is 1. The Hall–Kier alpha value is -4.61. The van der Waals surface area contributed by atoms with Gasteiger partial charge in [-0.1, -0.05) is 121 Å². The maximum atomic E-state index is 14.6. The number of nitrogens with zero attached hydrogens (tertiary/aromatic N) is 1. The molecule has 0 saturated carbocycles. The molecule has 0 aliphatic carbocycles. The van der Waals surface area contributed by atoms with Gasteiger partial charge in [-0.25, -0.2) is 9.69 Å². The highest BCUT2D eigenvalue weighted by Gasteiger charge is 2.51. The van der Waals surface area contributed by atoms with Crippen molar-refractivity contribution in [1.82, 2.24) is 4.90 Å². The van der Waals surface area contributed by atoms with Gasteiger partial charge < -0.3 is 43.4 Å². The molecule has 9 unspecified atom stereocenters. The summed E-state index contributed by atoms with van der Waals surface area (Å²) in [6.07, 6.45) is -4.54. The van der Waals surface area contributed by atoms with Crippen LogP contribution in [0.3, 0.4) is 0 Å². The van der Waals surface area contributed by atoms with E-state index in [1.165, 1.54) is 13.2 Å². The highest BCUT2D eigenvalue weighted by molar-refractivity contribution is 9.11. The van der Waals surface area contributed by atoms with Crippen LogP contribution in [0.1, 0.15) is 35.1 Å². The van der Waals surface area contributed by atoms with Gasteiger partial charge in [-0.3, -0.25) is 9.59 Å². The number of hydrogen-bond acceptors (Lipinski definition) is 12. The molecule has 7 rings (SSSR count). The zero-order valence-electron chi connectivity index (χ0n) is 34.4. The minimum absolute atomic E-state index is 0.00104. The number of aliphatic hydroxyl groups excluding tert-OH is 1. The molecule has 2 amide bonds. The van der Waals surface area contributed by atoms with Gasteiger partial charge in [0.05, 0.1) is 36.3 Å². The Morgan fingerprint density at radius 3 is 1.95 bits per heavy atom. The van der Waals surface area contributed by atoms with E-state index >= 15 is 0 Å². The highest BCUT2D eigenvalue weighted by Crippen LogP contribution is 2.38. The molecule has 3 aliphatic heterocycles. The van der Waals surface area contributed by atoms with E-state index in [2.05, 4.69) is 15.9 Å². The van der Waals surface area contributed by atoms with Gasteiger partial charge in [0.2, 0.25) is 5.91 Å². The molecule has 2 N–H and O–H groups in total. The van der Waals surface area contributed by atoms with Crippen LogP contribution >= 0.6 is 15.9 Å². The highest BCUT2D eigenvalue weighted by atomic mass is 79.9. The lowest BCUT2D eigenvalue weighted by molar-refractivity contribution is -0.320. The molecule has 3 heterocycles. The molecule has 2 fully saturated rings. The molecule has 0 spiro atoms. The number of carbonyl (C=O) groups is 3. The van der Waals surface area contributed by atoms with Gasteiger partial charge in [-0.2, -0.15) is 0 Å².